The molecule has 5 rings (SSSR count). The molecular weight excluding hydrogens is 526 g/mol. The first kappa shape index (κ1) is 22.4. The molecule has 0 atom stereocenters. The summed E-state index contributed by atoms with van der Waals surface area (Å²) in [5.41, 5.74) is 1.92. The Labute approximate surface area is 204 Å². The minimum atomic E-state index is -3.41. The Morgan fingerprint density at radius 2 is 2.03 bits per heavy atom. The van der Waals surface area contributed by atoms with Crippen LogP contribution in [0.25, 0.3) is 0 Å². The lowest BCUT2D eigenvalue weighted by Crippen LogP contribution is -2.46. The summed E-state index contributed by atoms with van der Waals surface area (Å²) >= 11 is 3.50. The largest absolute Gasteiger partial charge is 0.497 e. The molecule has 34 heavy (non-hydrogen) atoms. The maximum atomic E-state index is 13.2. The summed E-state index contributed by atoms with van der Waals surface area (Å²) in [6, 6.07) is 9.95. The first-order valence-electron chi connectivity index (χ1n) is 10.3. The van der Waals surface area contributed by atoms with E-state index in [4.69, 9.17) is 9.47 Å². The van der Waals surface area contributed by atoms with Crippen LogP contribution in [0, 0.1) is 0 Å². The summed E-state index contributed by atoms with van der Waals surface area (Å²) in [7, 11) is -0.196. The molecule has 0 saturated carbocycles. The van der Waals surface area contributed by atoms with E-state index in [2.05, 4.69) is 31.2 Å². The number of aromatic nitrogens is 2. The predicted octanol–water partition coefficient (Wildman–Crippen LogP) is 3.73. The Morgan fingerprint density at radius 1 is 1.21 bits per heavy atom. The zero-order chi connectivity index (χ0) is 24.0. The van der Waals surface area contributed by atoms with Gasteiger partial charge >= 0.3 is 6.03 Å². The Morgan fingerprint density at radius 3 is 2.82 bits per heavy atom. The molecule has 12 heteroatoms. The molecule has 0 saturated heterocycles. The fourth-order valence-electron chi connectivity index (χ4n) is 3.83. The molecule has 2 aliphatic rings. The first-order chi connectivity index (χ1) is 16.3. The lowest BCUT2D eigenvalue weighted by atomic mass is 10.2. The van der Waals surface area contributed by atoms with Crippen LogP contribution in [-0.4, -0.2) is 50.9 Å². The van der Waals surface area contributed by atoms with E-state index in [1.54, 1.807) is 49.5 Å². The van der Waals surface area contributed by atoms with Crippen LogP contribution >= 0.6 is 15.9 Å². The number of hydrogen-bond donors (Lipinski definition) is 1. The summed E-state index contributed by atoms with van der Waals surface area (Å²) in [6.45, 7) is 0.415. The standard InChI is InChI=1S/C22H20BrN5O5S/c1-27-20-13(12-28(22(27)29)17-10-15(32-2)4-5-16(17)23)11-24-21(26-20)25-14-3-6-18-19(9-14)34(30,31)8-7-33-18/h3-6,9-11H,7-8,12H2,1-2H3,(H,24,25,26). The molecule has 0 aliphatic carbocycles. The highest BCUT2D eigenvalue weighted by Crippen LogP contribution is 2.37. The Bertz CT molecular complexity index is 1410. The van der Waals surface area contributed by atoms with Crippen molar-refractivity contribution in [2.24, 2.45) is 0 Å². The van der Waals surface area contributed by atoms with Crippen molar-refractivity contribution < 1.29 is 22.7 Å². The van der Waals surface area contributed by atoms with Crippen molar-refractivity contribution in [3.63, 3.8) is 0 Å². The number of benzene rings is 2. The molecule has 0 bridgehead atoms. The molecule has 0 fully saturated rings. The molecule has 2 aliphatic heterocycles. The highest BCUT2D eigenvalue weighted by atomic mass is 79.9. The minimum Gasteiger partial charge on any atom is -0.497 e. The van der Waals surface area contributed by atoms with Crippen molar-refractivity contribution in [1.82, 2.24) is 9.97 Å². The topological polar surface area (TPSA) is 114 Å². The summed E-state index contributed by atoms with van der Waals surface area (Å²) < 4.78 is 36.2. The number of carbonyl (C=O) groups excluding carboxylic acids is 1. The van der Waals surface area contributed by atoms with E-state index >= 15 is 0 Å². The number of ether oxygens (including phenoxy) is 2. The van der Waals surface area contributed by atoms with Crippen molar-refractivity contribution in [2.45, 2.75) is 11.4 Å². The lowest BCUT2D eigenvalue weighted by Gasteiger charge is -2.34. The molecule has 0 unspecified atom stereocenters. The van der Waals surface area contributed by atoms with Gasteiger partial charge in [0.25, 0.3) is 0 Å². The number of sulfone groups is 1. The zero-order valence-electron chi connectivity index (χ0n) is 18.3. The van der Waals surface area contributed by atoms with Gasteiger partial charge in [0, 0.05) is 35.0 Å². The monoisotopic (exact) mass is 545 g/mol. The van der Waals surface area contributed by atoms with Gasteiger partial charge in [-0.2, -0.15) is 4.98 Å². The van der Waals surface area contributed by atoms with Gasteiger partial charge < -0.3 is 14.8 Å². The van der Waals surface area contributed by atoms with Crippen molar-refractivity contribution in [3.05, 3.63) is 52.6 Å². The number of fused-ring (bicyclic) bond motifs is 2. The van der Waals surface area contributed by atoms with Gasteiger partial charge in [-0.3, -0.25) is 9.80 Å². The summed E-state index contributed by atoms with van der Waals surface area (Å²) in [4.78, 5) is 25.2. The first-order valence-corrected chi connectivity index (χ1v) is 12.7. The fraction of sp³-hybridized carbons (Fsp3) is 0.227. The van der Waals surface area contributed by atoms with Crippen LogP contribution in [0.5, 0.6) is 11.5 Å². The summed E-state index contributed by atoms with van der Waals surface area (Å²) in [5, 5.41) is 3.03. The molecule has 0 radical (unpaired) electrons. The van der Waals surface area contributed by atoms with E-state index in [0.717, 1.165) is 10.0 Å². The van der Waals surface area contributed by atoms with Crippen LogP contribution in [0.1, 0.15) is 5.56 Å². The maximum Gasteiger partial charge on any atom is 0.330 e. The second-order valence-electron chi connectivity index (χ2n) is 7.74. The average molecular weight is 546 g/mol. The van der Waals surface area contributed by atoms with Gasteiger partial charge in [0.1, 0.15) is 28.8 Å². The number of methoxy groups -OCH3 is 1. The number of urea groups is 1. The van der Waals surface area contributed by atoms with Crippen LogP contribution in [-0.2, 0) is 16.4 Å². The van der Waals surface area contributed by atoms with Gasteiger partial charge in [0.15, 0.2) is 9.84 Å². The lowest BCUT2D eigenvalue weighted by molar-refractivity contribution is 0.251. The van der Waals surface area contributed by atoms with Crippen molar-refractivity contribution >= 4 is 54.9 Å². The number of halogens is 1. The van der Waals surface area contributed by atoms with Gasteiger partial charge in [0.2, 0.25) is 5.95 Å². The van der Waals surface area contributed by atoms with Gasteiger partial charge in [-0.25, -0.2) is 18.2 Å². The highest BCUT2D eigenvalue weighted by Gasteiger charge is 2.32. The molecule has 1 N–H and O–H groups in total. The highest BCUT2D eigenvalue weighted by molar-refractivity contribution is 9.10. The predicted molar refractivity (Wildman–Crippen MR) is 130 cm³/mol. The fourth-order valence-corrected chi connectivity index (χ4v) is 5.56. The molecule has 3 aromatic rings. The Kier molecular flexibility index (Phi) is 5.56. The third-order valence-electron chi connectivity index (χ3n) is 5.59. The van der Waals surface area contributed by atoms with Crippen LogP contribution < -0.4 is 24.6 Å². The van der Waals surface area contributed by atoms with E-state index in [0.29, 0.717) is 28.7 Å². The Hall–Kier alpha value is -3.38. The minimum absolute atomic E-state index is 0.0639. The number of carbonyl (C=O) groups is 1. The molecule has 1 aromatic heterocycles. The number of nitrogens with zero attached hydrogens (tertiary/aromatic N) is 4. The van der Waals surface area contributed by atoms with Crippen LogP contribution in [0.4, 0.5) is 27.9 Å². The SMILES string of the molecule is COc1ccc(Br)c(N2Cc3cnc(Nc4ccc5c(c4)S(=O)(=O)CCO5)nc3N(C)C2=O)c1. The van der Waals surface area contributed by atoms with Gasteiger partial charge in [-0.1, -0.05) is 0 Å². The molecule has 2 aromatic carbocycles. The third-order valence-corrected chi connectivity index (χ3v) is 7.96. The van der Waals surface area contributed by atoms with Crippen LogP contribution in [0.15, 0.2) is 52.0 Å². The summed E-state index contributed by atoms with van der Waals surface area (Å²) in [5.74, 6) is 1.60. The van der Waals surface area contributed by atoms with Gasteiger partial charge in [-0.05, 0) is 46.3 Å². The average Bonchev–Trinajstić information content (AvgIpc) is 2.82. The molecule has 0 spiro atoms. The molecule has 10 nitrogen and oxygen atoms in total. The van der Waals surface area contributed by atoms with Gasteiger partial charge in [-0.15, -0.1) is 0 Å². The number of amides is 2. The summed E-state index contributed by atoms with van der Waals surface area (Å²) in [6.07, 6.45) is 1.65. The van der Waals surface area contributed by atoms with Crippen molar-refractivity contribution in [3.8, 4) is 11.5 Å². The quantitative estimate of drug-likeness (QED) is 0.527. The molecule has 3 heterocycles. The maximum absolute atomic E-state index is 13.2. The normalized spacial score (nSPS) is 16.4. The molecule has 176 valence electrons. The number of hydrogen-bond acceptors (Lipinski definition) is 8. The van der Waals surface area contributed by atoms with E-state index in [1.807, 2.05) is 6.07 Å². The molecular formula is C22H20BrN5O5S. The third kappa shape index (κ3) is 3.92. The van der Waals surface area contributed by atoms with E-state index in [1.165, 1.54) is 11.0 Å². The second kappa shape index (κ2) is 8.44. The number of nitrogens with one attached hydrogen (secondary N) is 1. The van der Waals surface area contributed by atoms with E-state index < -0.39 is 9.84 Å². The molecule has 2 amide bonds. The van der Waals surface area contributed by atoms with Crippen LogP contribution in [0.3, 0.4) is 0 Å². The van der Waals surface area contributed by atoms with E-state index in [9.17, 15) is 13.2 Å². The Balaban J connectivity index is 1.44. The number of anilines is 4. The van der Waals surface area contributed by atoms with E-state index in [-0.39, 0.29) is 35.8 Å². The smallest absolute Gasteiger partial charge is 0.330 e. The van der Waals surface area contributed by atoms with Crippen molar-refractivity contribution in [1.29, 1.82) is 0 Å². The zero-order valence-corrected chi connectivity index (χ0v) is 20.7. The second-order valence-corrected chi connectivity index (χ2v) is 10.7. The van der Waals surface area contributed by atoms with Crippen molar-refractivity contribution in [2.75, 3.05) is 41.6 Å². The van der Waals surface area contributed by atoms with Gasteiger partial charge in [0.05, 0.1) is 25.1 Å². The van der Waals surface area contributed by atoms with Crippen LogP contribution in [0.2, 0.25) is 0 Å². The number of rotatable bonds is 4.